The molecule has 1 fully saturated rings. The molecule has 1 unspecified atom stereocenters. The van der Waals surface area contributed by atoms with E-state index < -0.39 is 50.7 Å². The molecule has 45 heavy (non-hydrogen) atoms. The Morgan fingerprint density at radius 1 is 1.18 bits per heavy atom. The monoisotopic (exact) mass is 648 g/mol. The number of anilines is 1. The van der Waals surface area contributed by atoms with E-state index in [9.17, 15) is 22.4 Å². The number of unbranched alkanes of at least 4 members (excludes halogenated alkanes) is 1. The largest absolute Gasteiger partial charge is 0.484 e. The van der Waals surface area contributed by atoms with E-state index in [1.54, 1.807) is 26.8 Å². The Balaban J connectivity index is 1.36. The Hall–Kier alpha value is -3.48. The van der Waals surface area contributed by atoms with Crippen LogP contribution in [0.5, 0.6) is 5.75 Å². The van der Waals surface area contributed by atoms with Crippen LogP contribution >= 0.6 is 0 Å². The van der Waals surface area contributed by atoms with Gasteiger partial charge in [-0.15, -0.1) is 0 Å². The molecule has 2 aromatic rings. The molecule has 1 amide bonds. The van der Waals surface area contributed by atoms with Gasteiger partial charge in [-0.05, 0) is 39.2 Å². The number of carbonyl (C=O) groups is 2. The summed E-state index contributed by atoms with van der Waals surface area (Å²) in [5.74, 6) is -0.252. The Kier molecular flexibility index (Phi) is 10.9. The van der Waals surface area contributed by atoms with Crippen molar-refractivity contribution in [3.63, 3.8) is 0 Å². The van der Waals surface area contributed by atoms with Crippen molar-refractivity contribution in [2.75, 3.05) is 30.3 Å². The number of ether oxygens (including phenoxy) is 3. The molecule has 1 saturated heterocycles. The lowest BCUT2D eigenvalue weighted by atomic mass is 9.82. The van der Waals surface area contributed by atoms with Gasteiger partial charge in [0, 0.05) is 37.6 Å². The first-order chi connectivity index (χ1) is 21.2. The predicted octanol–water partition coefficient (Wildman–Crippen LogP) is 5.54. The fraction of sp³-hybridized carbons (Fsp3) is 0.625. The van der Waals surface area contributed by atoms with Crippen molar-refractivity contribution in [1.82, 2.24) is 15.3 Å². The van der Waals surface area contributed by atoms with Crippen LogP contribution in [0.1, 0.15) is 91.2 Å². The Morgan fingerprint density at radius 2 is 1.91 bits per heavy atom. The van der Waals surface area contributed by atoms with Crippen molar-refractivity contribution < 1.29 is 36.6 Å². The number of nitrogens with one attached hydrogen (secondary N) is 1. The van der Waals surface area contributed by atoms with E-state index in [4.69, 9.17) is 14.2 Å². The number of rotatable bonds is 12. The zero-order chi connectivity index (χ0) is 32.8. The number of alkyl carbamates (subject to hydrolysis) is 1. The van der Waals surface area contributed by atoms with E-state index in [-0.39, 0.29) is 17.4 Å². The highest BCUT2D eigenvalue weighted by molar-refractivity contribution is 7.91. The molecular weight excluding hydrogens is 603 g/mol. The number of carbonyl (C=O) groups excluding carboxylic acids is 2. The first-order valence-electron chi connectivity index (χ1n) is 15.7. The highest BCUT2D eigenvalue weighted by Gasteiger charge is 2.51. The summed E-state index contributed by atoms with van der Waals surface area (Å²) < 4.78 is 56.9. The third-order valence-corrected chi connectivity index (χ3v) is 9.84. The molecule has 1 aromatic carbocycles. The number of sulfone groups is 1. The molecule has 11 nitrogen and oxygen atoms in total. The minimum Gasteiger partial charge on any atom is -0.484 e. The van der Waals surface area contributed by atoms with Gasteiger partial charge in [-0.3, -0.25) is 4.79 Å². The van der Waals surface area contributed by atoms with Crippen molar-refractivity contribution in [2.24, 2.45) is 5.92 Å². The number of piperidine rings is 1. The van der Waals surface area contributed by atoms with Crippen LogP contribution in [0.3, 0.4) is 0 Å². The number of esters is 1. The molecule has 13 heteroatoms. The lowest BCUT2D eigenvalue weighted by molar-refractivity contribution is -0.144. The minimum absolute atomic E-state index is 0.208. The number of halogens is 1. The van der Waals surface area contributed by atoms with E-state index in [1.807, 2.05) is 11.8 Å². The van der Waals surface area contributed by atoms with Crippen molar-refractivity contribution in [2.45, 2.75) is 102 Å². The molecule has 0 bridgehead atoms. The second-order valence-electron chi connectivity index (χ2n) is 12.8. The second-order valence-corrected chi connectivity index (χ2v) is 14.9. The molecule has 1 aromatic heterocycles. The second kappa shape index (κ2) is 14.3. The topological polar surface area (TPSA) is 137 Å². The van der Waals surface area contributed by atoms with Gasteiger partial charge in [-0.1, -0.05) is 39.2 Å². The number of nitrogens with zero attached hydrogens (tertiary/aromatic N) is 3. The number of fused-ring (bicyclic) bond motifs is 1. The van der Waals surface area contributed by atoms with Crippen LogP contribution in [0.25, 0.3) is 0 Å². The predicted molar refractivity (Wildman–Crippen MR) is 166 cm³/mol. The Labute approximate surface area is 265 Å². The quantitative estimate of drug-likeness (QED) is 0.292. The first kappa shape index (κ1) is 34.4. The van der Waals surface area contributed by atoms with Crippen LogP contribution in [-0.4, -0.2) is 67.1 Å². The minimum atomic E-state index is -3.84. The van der Waals surface area contributed by atoms with Crippen LogP contribution in [0, 0.1) is 11.7 Å². The highest BCUT2D eigenvalue weighted by Crippen LogP contribution is 2.49. The van der Waals surface area contributed by atoms with Gasteiger partial charge >= 0.3 is 12.1 Å². The summed E-state index contributed by atoms with van der Waals surface area (Å²) in [6.45, 7) is 10.7. The Bertz CT molecular complexity index is 1440. The van der Waals surface area contributed by atoms with Gasteiger partial charge in [-0.25, -0.2) is 27.6 Å². The molecule has 0 radical (unpaired) electrons. The summed E-state index contributed by atoms with van der Waals surface area (Å²) in [7, 11) is -3.84. The van der Waals surface area contributed by atoms with Gasteiger partial charge in [0.15, 0.2) is 14.9 Å². The summed E-state index contributed by atoms with van der Waals surface area (Å²) in [4.78, 5) is 35.4. The van der Waals surface area contributed by atoms with Gasteiger partial charge in [0.2, 0.25) is 0 Å². The van der Waals surface area contributed by atoms with Crippen molar-refractivity contribution in [3.8, 4) is 5.75 Å². The molecular formula is C32H45FN4O7S. The number of benzene rings is 1. The lowest BCUT2D eigenvalue weighted by Gasteiger charge is -2.42. The van der Waals surface area contributed by atoms with Crippen LogP contribution in [0.4, 0.5) is 15.0 Å². The number of hydrogen-bond acceptors (Lipinski definition) is 10. The van der Waals surface area contributed by atoms with Crippen LogP contribution in [0.2, 0.25) is 0 Å². The maximum Gasteiger partial charge on any atom is 0.408 e. The molecule has 2 atom stereocenters. The molecule has 248 valence electrons. The molecule has 1 N–H and O–H groups in total. The molecule has 0 saturated carbocycles. The van der Waals surface area contributed by atoms with E-state index in [1.165, 1.54) is 24.5 Å². The average Bonchev–Trinajstić information content (AvgIpc) is 3.26. The van der Waals surface area contributed by atoms with Gasteiger partial charge in [0.25, 0.3) is 0 Å². The molecule has 1 spiro atoms. The van der Waals surface area contributed by atoms with Gasteiger partial charge in [0.05, 0.1) is 31.2 Å². The van der Waals surface area contributed by atoms with E-state index in [0.29, 0.717) is 49.7 Å². The molecule has 2 aliphatic heterocycles. The summed E-state index contributed by atoms with van der Waals surface area (Å²) in [6.07, 6.45) is 6.69. The average molecular weight is 649 g/mol. The van der Waals surface area contributed by atoms with Gasteiger partial charge in [0.1, 0.15) is 34.6 Å². The third-order valence-electron chi connectivity index (χ3n) is 8.25. The Morgan fingerprint density at radius 3 is 2.53 bits per heavy atom. The summed E-state index contributed by atoms with van der Waals surface area (Å²) in [6, 6.07) is 3.72. The fourth-order valence-electron chi connectivity index (χ4n) is 5.67. The van der Waals surface area contributed by atoms with Crippen molar-refractivity contribution >= 4 is 27.7 Å². The number of amides is 1. The molecule has 3 heterocycles. The van der Waals surface area contributed by atoms with E-state index >= 15 is 0 Å². The zero-order valence-corrected chi connectivity index (χ0v) is 27.6. The van der Waals surface area contributed by atoms with Crippen molar-refractivity contribution in [1.29, 1.82) is 0 Å². The molecule has 0 aliphatic carbocycles. The van der Waals surface area contributed by atoms with E-state index in [0.717, 1.165) is 25.7 Å². The standard InChI is InChI=1S/C32H45FN4O7S/c1-6-8-9-22(7-2)21-42-28(38)12-17-45(40,41)27-20-34-26(19-35-27)37-15-13-32(14-16-37)29(36-30(39)44-31(3,4)5)24-11-10-23(33)18-25(24)43-32/h10-11,18-20,22,29H,6-9,12-17,21H2,1-5H3,(H,36,39)/t22?,29-/m1/s1. The third kappa shape index (κ3) is 8.83. The van der Waals surface area contributed by atoms with Crippen LogP contribution in [-0.2, 0) is 24.1 Å². The van der Waals surface area contributed by atoms with Crippen LogP contribution < -0.4 is 15.0 Å². The van der Waals surface area contributed by atoms with Crippen molar-refractivity contribution in [3.05, 3.63) is 42.0 Å². The lowest BCUT2D eigenvalue weighted by Crippen LogP contribution is -2.54. The maximum absolute atomic E-state index is 14.1. The maximum atomic E-state index is 14.1. The van der Waals surface area contributed by atoms with Gasteiger partial charge < -0.3 is 24.4 Å². The molecule has 4 rings (SSSR count). The van der Waals surface area contributed by atoms with E-state index in [2.05, 4.69) is 22.2 Å². The summed E-state index contributed by atoms with van der Waals surface area (Å²) in [5.41, 5.74) is -0.850. The molecule has 2 aliphatic rings. The summed E-state index contributed by atoms with van der Waals surface area (Å²) in [5, 5.41) is 2.73. The smallest absolute Gasteiger partial charge is 0.408 e. The zero-order valence-electron chi connectivity index (χ0n) is 26.8. The number of hydrogen-bond donors (Lipinski definition) is 1. The van der Waals surface area contributed by atoms with Gasteiger partial charge in [-0.2, -0.15) is 0 Å². The van der Waals surface area contributed by atoms with Crippen LogP contribution in [0.15, 0.2) is 35.6 Å². The highest BCUT2D eigenvalue weighted by atomic mass is 32.2. The number of aromatic nitrogens is 2. The summed E-state index contributed by atoms with van der Waals surface area (Å²) >= 11 is 0. The SMILES string of the molecule is CCCCC(CC)COC(=O)CCS(=O)(=O)c1cnc(N2CCC3(CC2)Oc2cc(F)ccc2[C@H]3NC(=O)OC(C)(C)C)cn1. The first-order valence-corrected chi connectivity index (χ1v) is 17.3. The fourth-order valence-corrected chi connectivity index (χ4v) is 6.74. The normalized spacial score (nSPS) is 18.2.